The molecule has 9 heteroatoms. The van der Waals surface area contributed by atoms with E-state index in [9.17, 15) is 18.0 Å². The minimum Gasteiger partial charge on any atom is -0.334 e. The highest BCUT2D eigenvalue weighted by molar-refractivity contribution is 7.89. The Bertz CT molecular complexity index is 1290. The van der Waals surface area contributed by atoms with Gasteiger partial charge in [0.05, 0.1) is 22.3 Å². The van der Waals surface area contributed by atoms with Crippen molar-refractivity contribution < 1.29 is 13.2 Å². The van der Waals surface area contributed by atoms with Crippen LogP contribution in [-0.4, -0.2) is 53.6 Å². The summed E-state index contributed by atoms with van der Waals surface area (Å²) in [6.07, 6.45) is 3.75. The van der Waals surface area contributed by atoms with E-state index in [1.807, 2.05) is 0 Å². The Hall–Kier alpha value is -3.04. The van der Waals surface area contributed by atoms with E-state index in [-0.39, 0.29) is 28.5 Å². The van der Waals surface area contributed by atoms with Crippen molar-refractivity contribution in [1.82, 2.24) is 19.2 Å². The topological polar surface area (TPSA) is 103 Å². The predicted octanol–water partition coefficient (Wildman–Crippen LogP) is 2.76. The third-order valence-corrected chi connectivity index (χ3v) is 7.57. The van der Waals surface area contributed by atoms with Crippen LogP contribution in [0, 0.1) is 0 Å². The van der Waals surface area contributed by atoms with Gasteiger partial charge in [-0.05, 0) is 43.2 Å². The Morgan fingerprint density at radius 3 is 2.53 bits per heavy atom. The lowest BCUT2D eigenvalue weighted by atomic mass is 10.2. The molecule has 2 aromatic carbocycles. The molecule has 1 amide bonds. The summed E-state index contributed by atoms with van der Waals surface area (Å²) in [6.45, 7) is 1.09. The maximum atomic E-state index is 13.1. The van der Waals surface area contributed by atoms with E-state index in [0.29, 0.717) is 29.8 Å². The number of benzene rings is 2. The molecule has 168 valence electrons. The third-order valence-electron chi connectivity index (χ3n) is 5.68. The molecule has 3 aromatic rings. The van der Waals surface area contributed by atoms with Gasteiger partial charge in [-0.2, -0.15) is 4.31 Å². The first-order valence-corrected chi connectivity index (χ1v) is 12.1. The van der Waals surface area contributed by atoms with Gasteiger partial charge in [-0.25, -0.2) is 13.4 Å². The van der Waals surface area contributed by atoms with Crippen LogP contribution in [0.2, 0.25) is 0 Å². The number of rotatable bonds is 5. The summed E-state index contributed by atoms with van der Waals surface area (Å²) in [5.41, 5.74) is 0.557. The first-order valence-electron chi connectivity index (χ1n) is 10.7. The largest absolute Gasteiger partial charge is 0.334 e. The number of aromatic nitrogens is 2. The number of nitrogens with zero attached hydrogens (tertiary/aromatic N) is 3. The first kappa shape index (κ1) is 22.2. The van der Waals surface area contributed by atoms with E-state index in [1.54, 1.807) is 43.4 Å². The molecule has 0 radical (unpaired) electrons. The van der Waals surface area contributed by atoms with Crippen molar-refractivity contribution in [3.05, 3.63) is 70.3 Å². The molecule has 0 aliphatic carbocycles. The summed E-state index contributed by atoms with van der Waals surface area (Å²) in [5, 5.41) is 0.483. The van der Waals surface area contributed by atoms with E-state index in [1.165, 1.54) is 21.3 Å². The predicted molar refractivity (Wildman–Crippen MR) is 122 cm³/mol. The van der Waals surface area contributed by atoms with Crippen LogP contribution >= 0.6 is 0 Å². The number of para-hydroxylation sites is 1. The lowest BCUT2D eigenvalue weighted by Crippen LogP contribution is -2.32. The fourth-order valence-electron chi connectivity index (χ4n) is 3.95. The van der Waals surface area contributed by atoms with Crippen molar-refractivity contribution in [3.63, 3.8) is 0 Å². The van der Waals surface area contributed by atoms with Crippen molar-refractivity contribution in [3.8, 4) is 0 Å². The van der Waals surface area contributed by atoms with Crippen LogP contribution in [0.4, 0.5) is 0 Å². The quantitative estimate of drug-likeness (QED) is 0.639. The molecule has 0 spiro atoms. The molecule has 1 N–H and O–H groups in total. The van der Waals surface area contributed by atoms with Gasteiger partial charge in [0.25, 0.3) is 11.5 Å². The standard InChI is InChI=1S/C23H26N4O4S/c1-26(16-21-24-20-12-5-4-11-19(20)22(28)25-21)23(29)17-9-8-10-18(15-17)32(30,31)27-13-6-2-3-7-14-27/h4-5,8-12,15H,2-3,6-7,13-14,16H2,1H3,(H,24,25,28). The highest BCUT2D eigenvalue weighted by Gasteiger charge is 2.26. The summed E-state index contributed by atoms with van der Waals surface area (Å²) in [4.78, 5) is 34.0. The number of H-pyrrole nitrogens is 1. The second-order valence-electron chi connectivity index (χ2n) is 8.04. The van der Waals surface area contributed by atoms with Gasteiger partial charge >= 0.3 is 0 Å². The zero-order valence-electron chi connectivity index (χ0n) is 18.0. The van der Waals surface area contributed by atoms with Gasteiger partial charge in [-0.1, -0.05) is 31.0 Å². The summed E-state index contributed by atoms with van der Waals surface area (Å²) in [5.74, 6) is 0.00613. The van der Waals surface area contributed by atoms with Crippen LogP contribution in [0.3, 0.4) is 0 Å². The van der Waals surface area contributed by atoms with Crippen LogP contribution < -0.4 is 5.56 Å². The van der Waals surface area contributed by atoms with E-state index >= 15 is 0 Å². The second-order valence-corrected chi connectivity index (χ2v) is 9.98. The lowest BCUT2D eigenvalue weighted by Gasteiger charge is -2.21. The van der Waals surface area contributed by atoms with Crippen molar-refractivity contribution in [2.45, 2.75) is 37.1 Å². The number of hydrogen-bond acceptors (Lipinski definition) is 5. The van der Waals surface area contributed by atoms with Gasteiger partial charge in [0.2, 0.25) is 10.0 Å². The van der Waals surface area contributed by atoms with Crippen LogP contribution in [0.25, 0.3) is 10.9 Å². The van der Waals surface area contributed by atoms with Crippen molar-refractivity contribution in [2.24, 2.45) is 0 Å². The molecule has 4 rings (SSSR count). The summed E-state index contributed by atoms with van der Waals surface area (Å²) >= 11 is 0. The molecule has 0 atom stereocenters. The molecule has 1 saturated heterocycles. The van der Waals surface area contributed by atoms with Gasteiger partial charge in [-0.3, -0.25) is 9.59 Å². The Kier molecular flexibility index (Phi) is 6.38. The molecule has 32 heavy (non-hydrogen) atoms. The van der Waals surface area contributed by atoms with Crippen LogP contribution in [0.15, 0.2) is 58.2 Å². The maximum Gasteiger partial charge on any atom is 0.258 e. The number of sulfonamides is 1. The molecule has 2 heterocycles. The highest BCUT2D eigenvalue weighted by atomic mass is 32.2. The third kappa shape index (κ3) is 4.58. The van der Waals surface area contributed by atoms with E-state index in [0.717, 1.165) is 25.7 Å². The maximum absolute atomic E-state index is 13.1. The van der Waals surface area contributed by atoms with Gasteiger partial charge in [0, 0.05) is 25.7 Å². The molecule has 0 bridgehead atoms. The molecule has 1 aromatic heterocycles. The number of hydrogen-bond donors (Lipinski definition) is 1. The van der Waals surface area contributed by atoms with E-state index in [4.69, 9.17) is 0 Å². The summed E-state index contributed by atoms with van der Waals surface area (Å²) in [6, 6.07) is 13.1. The van der Waals surface area contributed by atoms with Crippen LogP contribution in [-0.2, 0) is 16.6 Å². The molecule has 8 nitrogen and oxygen atoms in total. The SMILES string of the molecule is CN(Cc1nc2ccccc2c(=O)[nH]1)C(=O)c1cccc(S(=O)(=O)N2CCCCCC2)c1. The number of aromatic amines is 1. The van der Waals surface area contributed by atoms with Gasteiger partial charge in [0.15, 0.2) is 0 Å². The minimum atomic E-state index is -3.65. The molecular formula is C23H26N4O4S. The van der Waals surface area contributed by atoms with Crippen molar-refractivity contribution >= 4 is 26.8 Å². The lowest BCUT2D eigenvalue weighted by molar-refractivity contribution is 0.0781. The molecule has 1 aliphatic heterocycles. The average molecular weight is 455 g/mol. The number of carbonyl (C=O) groups excluding carboxylic acids is 1. The Balaban J connectivity index is 1.55. The normalized spacial score (nSPS) is 15.4. The number of nitrogens with one attached hydrogen (secondary N) is 1. The zero-order chi connectivity index (χ0) is 22.7. The van der Waals surface area contributed by atoms with E-state index in [2.05, 4.69) is 9.97 Å². The Morgan fingerprint density at radius 2 is 1.78 bits per heavy atom. The number of fused-ring (bicyclic) bond motifs is 1. The summed E-state index contributed by atoms with van der Waals surface area (Å²) in [7, 11) is -2.06. The average Bonchev–Trinajstić information content (AvgIpc) is 3.09. The minimum absolute atomic E-state index is 0.0853. The monoisotopic (exact) mass is 454 g/mol. The molecular weight excluding hydrogens is 428 g/mol. The zero-order valence-corrected chi connectivity index (χ0v) is 18.8. The van der Waals surface area contributed by atoms with Crippen molar-refractivity contribution in [2.75, 3.05) is 20.1 Å². The Morgan fingerprint density at radius 1 is 1.06 bits per heavy atom. The van der Waals surface area contributed by atoms with Crippen molar-refractivity contribution in [1.29, 1.82) is 0 Å². The fourth-order valence-corrected chi connectivity index (χ4v) is 5.51. The fraction of sp³-hybridized carbons (Fsp3) is 0.348. The molecule has 1 fully saturated rings. The molecule has 1 aliphatic rings. The Labute approximate surface area is 186 Å². The van der Waals surface area contributed by atoms with Gasteiger partial charge in [0.1, 0.15) is 5.82 Å². The highest BCUT2D eigenvalue weighted by Crippen LogP contribution is 2.21. The van der Waals surface area contributed by atoms with Crippen LogP contribution in [0.5, 0.6) is 0 Å². The summed E-state index contributed by atoms with van der Waals surface area (Å²) < 4.78 is 27.7. The molecule has 0 saturated carbocycles. The van der Waals surface area contributed by atoms with Gasteiger partial charge in [-0.15, -0.1) is 0 Å². The number of carbonyl (C=O) groups is 1. The van der Waals surface area contributed by atoms with Gasteiger partial charge < -0.3 is 9.88 Å². The molecule has 0 unspecified atom stereocenters. The second kappa shape index (κ2) is 9.22. The smallest absolute Gasteiger partial charge is 0.258 e. The van der Waals surface area contributed by atoms with Crippen LogP contribution in [0.1, 0.15) is 41.9 Å². The first-order chi connectivity index (χ1) is 15.4. The van der Waals surface area contributed by atoms with E-state index < -0.39 is 10.0 Å². The number of amides is 1.